The van der Waals surface area contributed by atoms with E-state index in [1.165, 1.54) is 32.1 Å². The molecule has 2 fully saturated rings. The van der Waals surface area contributed by atoms with E-state index in [2.05, 4.69) is 4.90 Å². The van der Waals surface area contributed by atoms with Gasteiger partial charge in [-0.3, -0.25) is 4.90 Å². The van der Waals surface area contributed by atoms with Crippen LogP contribution in [-0.4, -0.2) is 41.3 Å². The van der Waals surface area contributed by atoms with Gasteiger partial charge in [-0.2, -0.15) is 0 Å². The minimum atomic E-state index is 0.294. The number of nitrogens with two attached hydrogens (primary N) is 1. The third kappa shape index (κ3) is 2.47. The van der Waals surface area contributed by atoms with Crippen LogP contribution in [0.2, 0.25) is 0 Å². The summed E-state index contributed by atoms with van der Waals surface area (Å²) in [6, 6.07) is 1.81. The number of aliphatic hydroxyl groups is 1. The summed E-state index contributed by atoms with van der Waals surface area (Å²) in [5, 5.41) is 9.04. The fourth-order valence-electron chi connectivity index (χ4n) is 2.69. The second-order valence-electron chi connectivity index (χ2n) is 4.77. The quantitative estimate of drug-likeness (QED) is 0.699. The maximum Gasteiger partial charge on any atom is 0.0558 e. The highest BCUT2D eigenvalue weighted by molar-refractivity contribution is 4.91. The zero-order valence-electron chi connectivity index (χ0n) is 8.86. The molecule has 0 radical (unpaired) electrons. The van der Waals surface area contributed by atoms with E-state index in [0.717, 1.165) is 19.0 Å². The first-order valence-electron chi connectivity index (χ1n) is 5.93. The van der Waals surface area contributed by atoms with Crippen LogP contribution in [0.5, 0.6) is 0 Å². The number of aliphatic hydroxyl groups excluding tert-OH is 1. The fraction of sp³-hybridized carbons (Fsp3) is 1.00. The topological polar surface area (TPSA) is 49.5 Å². The van der Waals surface area contributed by atoms with Crippen molar-refractivity contribution < 1.29 is 5.11 Å². The summed E-state index contributed by atoms with van der Waals surface area (Å²) in [5.41, 5.74) is 5.99. The molecule has 2 unspecified atom stereocenters. The Labute approximate surface area is 86.3 Å². The third-order valence-electron chi connectivity index (χ3n) is 3.53. The summed E-state index contributed by atoms with van der Waals surface area (Å²) in [6.07, 6.45) is 7.52. The fourth-order valence-corrected chi connectivity index (χ4v) is 2.69. The van der Waals surface area contributed by atoms with Crippen LogP contribution in [0.4, 0.5) is 0 Å². The van der Waals surface area contributed by atoms with E-state index in [4.69, 9.17) is 10.8 Å². The van der Waals surface area contributed by atoms with Gasteiger partial charge in [-0.25, -0.2) is 0 Å². The molecule has 0 spiro atoms. The van der Waals surface area contributed by atoms with E-state index >= 15 is 0 Å². The molecular formula is C11H22N2O. The molecule has 2 aliphatic carbocycles. The summed E-state index contributed by atoms with van der Waals surface area (Å²) in [5.74, 6) is 0. The first-order valence-corrected chi connectivity index (χ1v) is 5.93. The number of rotatable bonds is 4. The summed E-state index contributed by atoms with van der Waals surface area (Å²) < 4.78 is 0. The largest absolute Gasteiger partial charge is 0.395 e. The highest BCUT2D eigenvalue weighted by Gasteiger charge is 2.35. The van der Waals surface area contributed by atoms with E-state index in [1.54, 1.807) is 0 Å². The van der Waals surface area contributed by atoms with Crippen LogP contribution < -0.4 is 5.73 Å². The maximum absolute atomic E-state index is 9.04. The second-order valence-corrected chi connectivity index (χ2v) is 4.77. The molecule has 0 aromatic carbocycles. The zero-order chi connectivity index (χ0) is 9.97. The smallest absolute Gasteiger partial charge is 0.0558 e. The van der Waals surface area contributed by atoms with Crippen molar-refractivity contribution in [3.8, 4) is 0 Å². The van der Waals surface area contributed by atoms with Gasteiger partial charge in [-0.15, -0.1) is 0 Å². The molecule has 0 aromatic heterocycles. The number of nitrogens with zero attached hydrogens (tertiary/aromatic N) is 1. The van der Waals surface area contributed by atoms with E-state index in [-0.39, 0.29) is 0 Å². The van der Waals surface area contributed by atoms with Crippen molar-refractivity contribution >= 4 is 0 Å². The molecule has 3 N–H and O–H groups in total. The molecule has 0 bridgehead atoms. The second kappa shape index (κ2) is 4.60. The Morgan fingerprint density at radius 3 is 2.50 bits per heavy atom. The number of hydrogen-bond donors (Lipinski definition) is 2. The Morgan fingerprint density at radius 2 is 1.93 bits per heavy atom. The standard InChI is InChI=1S/C11H22N2O/c12-9-2-1-3-11(8-9)13(6-7-14)10-4-5-10/h9-11,14H,1-8,12H2. The molecule has 2 saturated carbocycles. The van der Waals surface area contributed by atoms with E-state index in [9.17, 15) is 0 Å². The lowest BCUT2D eigenvalue weighted by Crippen LogP contribution is -2.44. The monoisotopic (exact) mass is 198 g/mol. The minimum Gasteiger partial charge on any atom is -0.395 e. The molecular weight excluding hydrogens is 176 g/mol. The van der Waals surface area contributed by atoms with Crippen LogP contribution in [-0.2, 0) is 0 Å². The lowest BCUT2D eigenvalue weighted by molar-refractivity contribution is 0.111. The van der Waals surface area contributed by atoms with Gasteiger partial charge in [0.05, 0.1) is 6.61 Å². The third-order valence-corrected chi connectivity index (χ3v) is 3.53. The predicted octanol–water partition coefficient (Wildman–Crippen LogP) is 0.713. The predicted molar refractivity (Wildman–Crippen MR) is 57.0 cm³/mol. The SMILES string of the molecule is NC1CCCC(N(CCO)C2CC2)C1. The van der Waals surface area contributed by atoms with Crippen LogP contribution in [0, 0.1) is 0 Å². The molecule has 2 atom stereocenters. The van der Waals surface area contributed by atoms with E-state index < -0.39 is 0 Å². The molecule has 3 heteroatoms. The molecule has 0 heterocycles. The summed E-state index contributed by atoms with van der Waals surface area (Å²) in [7, 11) is 0. The molecule has 2 aliphatic rings. The van der Waals surface area contributed by atoms with Gasteiger partial charge in [0, 0.05) is 24.7 Å². The van der Waals surface area contributed by atoms with Gasteiger partial charge in [-0.05, 0) is 32.1 Å². The lowest BCUT2D eigenvalue weighted by atomic mass is 9.90. The lowest BCUT2D eigenvalue weighted by Gasteiger charge is -2.36. The van der Waals surface area contributed by atoms with Gasteiger partial charge in [0.15, 0.2) is 0 Å². The summed E-state index contributed by atoms with van der Waals surface area (Å²) >= 11 is 0. The Morgan fingerprint density at radius 1 is 1.14 bits per heavy atom. The van der Waals surface area contributed by atoms with E-state index in [1.807, 2.05) is 0 Å². The molecule has 0 amide bonds. The number of hydrogen-bond acceptors (Lipinski definition) is 3. The molecule has 3 nitrogen and oxygen atoms in total. The van der Waals surface area contributed by atoms with Gasteiger partial charge < -0.3 is 10.8 Å². The average Bonchev–Trinajstić information content (AvgIpc) is 2.97. The Hall–Kier alpha value is -0.120. The molecule has 0 aliphatic heterocycles. The minimum absolute atomic E-state index is 0.294. The van der Waals surface area contributed by atoms with Crippen molar-refractivity contribution in [2.24, 2.45) is 5.73 Å². The average molecular weight is 198 g/mol. The molecule has 14 heavy (non-hydrogen) atoms. The van der Waals surface area contributed by atoms with Crippen molar-refractivity contribution in [1.82, 2.24) is 4.90 Å². The Bertz CT molecular complexity index is 182. The van der Waals surface area contributed by atoms with Crippen molar-refractivity contribution in [3.05, 3.63) is 0 Å². The van der Waals surface area contributed by atoms with Crippen molar-refractivity contribution in [1.29, 1.82) is 0 Å². The molecule has 82 valence electrons. The van der Waals surface area contributed by atoms with Crippen LogP contribution in [0.1, 0.15) is 38.5 Å². The van der Waals surface area contributed by atoms with E-state index in [0.29, 0.717) is 18.7 Å². The summed E-state index contributed by atoms with van der Waals surface area (Å²) in [6.45, 7) is 1.14. The zero-order valence-corrected chi connectivity index (χ0v) is 8.86. The van der Waals surface area contributed by atoms with Crippen LogP contribution in [0.15, 0.2) is 0 Å². The molecule has 0 saturated heterocycles. The van der Waals surface area contributed by atoms with Gasteiger partial charge in [0.1, 0.15) is 0 Å². The normalized spacial score (nSPS) is 33.6. The van der Waals surface area contributed by atoms with Crippen molar-refractivity contribution in [2.75, 3.05) is 13.2 Å². The highest BCUT2D eigenvalue weighted by Crippen LogP contribution is 2.32. The Balaban J connectivity index is 1.88. The molecule has 0 aromatic rings. The van der Waals surface area contributed by atoms with Gasteiger partial charge in [0.25, 0.3) is 0 Å². The summed E-state index contributed by atoms with van der Waals surface area (Å²) in [4.78, 5) is 2.50. The van der Waals surface area contributed by atoms with Gasteiger partial charge >= 0.3 is 0 Å². The molecule has 2 rings (SSSR count). The first kappa shape index (κ1) is 10.4. The van der Waals surface area contributed by atoms with Crippen molar-refractivity contribution in [2.45, 2.75) is 56.7 Å². The van der Waals surface area contributed by atoms with Gasteiger partial charge in [0.2, 0.25) is 0 Å². The Kier molecular flexibility index (Phi) is 3.42. The van der Waals surface area contributed by atoms with Crippen molar-refractivity contribution in [3.63, 3.8) is 0 Å². The highest BCUT2D eigenvalue weighted by atomic mass is 16.3. The first-order chi connectivity index (χ1) is 6.81. The van der Waals surface area contributed by atoms with Crippen LogP contribution in [0.25, 0.3) is 0 Å². The van der Waals surface area contributed by atoms with Gasteiger partial charge in [-0.1, -0.05) is 6.42 Å². The maximum atomic E-state index is 9.04. The van der Waals surface area contributed by atoms with Crippen LogP contribution in [0.3, 0.4) is 0 Å². The van der Waals surface area contributed by atoms with Crippen LogP contribution >= 0.6 is 0 Å².